The summed E-state index contributed by atoms with van der Waals surface area (Å²) in [6.07, 6.45) is 2.56. The van der Waals surface area contributed by atoms with Crippen molar-refractivity contribution in [3.05, 3.63) is 136 Å². The zero-order valence-electron chi connectivity index (χ0n) is 53.0. The Kier molecular flexibility index (Phi) is 16.7. The summed E-state index contributed by atoms with van der Waals surface area (Å²) in [5.74, 6) is -0.796. The Morgan fingerprint density at radius 3 is 1.46 bits per heavy atom. The summed E-state index contributed by atoms with van der Waals surface area (Å²) >= 11 is 6.26. The molecule has 0 radical (unpaired) electrons. The molecule has 3 aromatic carbocycles. The van der Waals surface area contributed by atoms with E-state index in [9.17, 15) is 44.9 Å². The Morgan fingerprint density at radius 1 is 0.633 bits per heavy atom. The normalized spacial score (nSPS) is 25.9. The minimum Gasteiger partial charge on any atom is -0.390 e. The van der Waals surface area contributed by atoms with Crippen LogP contribution in [0.25, 0.3) is 0 Å². The van der Waals surface area contributed by atoms with Gasteiger partial charge in [-0.15, -0.1) is 26.9 Å². The second kappa shape index (κ2) is 23.2. The van der Waals surface area contributed by atoms with Crippen molar-refractivity contribution in [3.63, 3.8) is 0 Å². The molecule has 6 aromatic rings. The van der Waals surface area contributed by atoms with Gasteiger partial charge in [-0.2, -0.15) is 43.4 Å². The number of hydrogen-bond donors (Lipinski definition) is 3. The third kappa shape index (κ3) is 10.8. The van der Waals surface area contributed by atoms with E-state index in [0.29, 0.717) is 73.3 Å². The zero-order chi connectivity index (χ0) is 65.3. The van der Waals surface area contributed by atoms with Crippen LogP contribution in [0.1, 0.15) is 174 Å². The number of nitrogens with zero attached hydrogens (tertiary/aromatic N) is 10. The number of aryl methyl sites for hydroxylation is 4. The predicted octanol–water partition coefficient (Wildman–Crippen LogP) is 8.24. The molecule has 29 heteroatoms. The lowest BCUT2D eigenvalue weighted by atomic mass is 9.90. The van der Waals surface area contributed by atoms with Crippen LogP contribution in [-0.2, 0) is 43.5 Å². The third-order valence-corrected chi connectivity index (χ3v) is 27.2. The Bertz CT molecular complexity index is 4320. The number of alkyl halides is 1. The van der Waals surface area contributed by atoms with E-state index < -0.39 is 70.9 Å². The molecule has 2 saturated carbocycles. The highest BCUT2D eigenvalue weighted by Gasteiger charge is 2.66. The molecule has 2 aliphatic carbocycles. The summed E-state index contributed by atoms with van der Waals surface area (Å²) < 4.78 is 107. The van der Waals surface area contributed by atoms with Gasteiger partial charge in [-0.3, -0.25) is 0 Å². The van der Waals surface area contributed by atoms with Crippen LogP contribution in [-0.4, -0.2) is 113 Å². The summed E-state index contributed by atoms with van der Waals surface area (Å²) in [6, 6.07) is 13.1. The number of anilines is 3. The highest BCUT2D eigenvalue weighted by molar-refractivity contribution is 7.91. The standard InChI is InChI=1S/C21H28N4O4S.C20H24ClN5O4S.C20H28N4O4S/c1-6-13-7-8-16-17(11(13)2)12(3)18(19-22-23-20(26)29-19)25(16)30(27,28)24-9-14-15(10-24)21(14,4)5;1-4-14-5-6-15-16(12(14)2)13(3)17(18-23-24-19(27)30-18)26(15)31(28,29)25-9-7-20(21,11-22)8-10-25;1-6-17(18-21-22-19(25)28-18)24(14-8-7-12(2)13(3)9-14)29(26,27)23-10-15-16(11-23)20(15,4)5/h7-8,12,14-15,18H,6,9-10H2,1-5H3,(H,23,26);5-6,13,17H,4,7-10H2,1-3H3,(H,24,27);7-9,15-17H,6,10-11H2,1-5H3,(H,22,25). The van der Waals surface area contributed by atoms with E-state index in [1.807, 2.05) is 84.9 Å². The number of nitrogens with one attached hydrogen (secondary N) is 3. The van der Waals surface area contributed by atoms with Crippen LogP contribution < -0.4 is 30.2 Å². The number of aromatic nitrogens is 6. The van der Waals surface area contributed by atoms with Gasteiger partial charge in [-0.1, -0.05) is 80.5 Å². The number of H-pyrrole nitrogens is 3. The number of benzene rings is 3. The molecule has 5 fully saturated rings. The molecular weight excluding hydrogens is 1240 g/mol. The van der Waals surface area contributed by atoms with Crippen molar-refractivity contribution in [2.45, 2.75) is 157 Å². The lowest BCUT2D eigenvalue weighted by Crippen LogP contribution is -2.50. The summed E-state index contributed by atoms with van der Waals surface area (Å²) in [4.78, 5) is 33.8. The molecular formula is C61H80ClN13O12S3. The van der Waals surface area contributed by atoms with E-state index in [-0.39, 0.29) is 66.3 Å². The van der Waals surface area contributed by atoms with Gasteiger partial charge in [0.1, 0.15) is 23.0 Å². The molecule has 8 heterocycles. The average Bonchev–Trinajstić information content (AvgIpc) is 1.55. The van der Waals surface area contributed by atoms with Crippen LogP contribution in [0.2, 0.25) is 0 Å². The van der Waals surface area contributed by atoms with Crippen molar-refractivity contribution in [2.75, 3.05) is 52.2 Å². The maximum absolute atomic E-state index is 13.9. The number of nitriles is 1. The summed E-state index contributed by atoms with van der Waals surface area (Å²) in [5, 5.41) is 28.0. The molecule has 0 spiro atoms. The van der Waals surface area contributed by atoms with Crippen LogP contribution in [0.3, 0.4) is 0 Å². The number of halogens is 1. The molecule has 5 aliphatic heterocycles. The van der Waals surface area contributed by atoms with Crippen LogP contribution in [0, 0.1) is 73.5 Å². The van der Waals surface area contributed by atoms with Gasteiger partial charge in [0.25, 0.3) is 0 Å². The number of piperidine rings is 3. The topological polar surface area (TPSA) is 322 Å². The average molecular weight is 1320 g/mol. The van der Waals surface area contributed by atoms with Gasteiger partial charge in [-0.25, -0.2) is 42.6 Å². The fourth-order valence-electron chi connectivity index (χ4n) is 15.0. The smallest absolute Gasteiger partial charge is 0.390 e. The first-order chi connectivity index (χ1) is 42.3. The van der Waals surface area contributed by atoms with Crippen LogP contribution in [0.4, 0.5) is 17.1 Å². The van der Waals surface area contributed by atoms with E-state index in [1.54, 1.807) is 14.7 Å². The number of aromatic amines is 3. The van der Waals surface area contributed by atoms with Crippen molar-refractivity contribution in [3.8, 4) is 6.07 Å². The van der Waals surface area contributed by atoms with E-state index in [2.05, 4.69) is 78.2 Å². The highest BCUT2D eigenvalue weighted by Crippen LogP contribution is 2.64. The van der Waals surface area contributed by atoms with Gasteiger partial charge >= 0.3 is 47.9 Å². The second-order valence-corrected chi connectivity index (χ2v) is 32.5. The summed E-state index contributed by atoms with van der Waals surface area (Å²) in [7, 11) is -11.7. The van der Waals surface area contributed by atoms with Gasteiger partial charge in [0, 0.05) is 51.1 Å². The van der Waals surface area contributed by atoms with E-state index in [1.165, 1.54) is 22.8 Å². The Morgan fingerprint density at radius 2 is 1.07 bits per heavy atom. The maximum Gasteiger partial charge on any atom is 0.434 e. The van der Waals surface area contributed by atoms with Gasteiger partial charge in [0.2, 0.25) is 17.7 Å². The highest BCUT2D eigenvalue weighted by atomic mass is 35.5. The molecule has 25 nitrogen and oxygen atoms in total. The Labute approximate surface area is 529 Å². The molecule has 0 amide bonds. The molecule has 7 aliphatic rings. The molecule has 3 saturated heterocycles. The van der Waals surface area contributed by atoms with Crippen molar-refractivity contribution in [1.82, 2.24) is 43.5 Å². The number of hydrogen-bond acceptors (Lipinski definition) is 16. The van der Waals surface area contributed by atoms with E-state index >= 15 is 0 Å². The maximum atomic E-state index is 13.9. The van der Waals surface area contributed by atoms with E-state index in [4.69, 9.17) is 24.9 Å². The van der Waals surface area contributed by atoms with Gasteiger partial charge < -0.3 is 13.3 Å². The van der Waals surface area contributed by atoms with Crippen molar-refractivity contribution < 1.29 is 38.5 Å². The quantitative estimate of drug-likeness (QED) is 0.0864. The molecule has 3 aromatic heterocycles. The van der Waals surface area contributed by atoms with Gasteiger partial charge in [0.05, 0.1) is 23.1 Å². The third-order valence-electron chi connectivity index (χ3n) is 21.0. The fourth-order valence-corrected chi connectivity index (χ4v) is 20.9. The lowest BCUT2D eigenvalue weighted by molar-refractivity contribution is 0.318. The second-order valence-electron chi connectivity index (χ2n) is 26.4. The van der Waals surface area contributed by atoms with Crippen molar-refractivity contribution in [2.24, 2.45) is 34.5 Å². The first-order valence-corrected chi connectivity index (χ1v) is 35.3. The van der Waals surface area contributed by atoms with Crippen LogP contribution >= 0.6 is 11.6 Å². The zero-order valence-corrected chi connectivity index (χ0v) is 56.2. The predicted molar refractivity (Wildman–Crippen MR) is 338 cm³/mol. The van der Waals surface area contributed by atoms with Crippen molar-refractivity contribution >= 4 is 59.3 Å². The monoisotopic (exact) mass is 1320 g/mol. The minimum absolute atomic E-state index is 0.0236. The minimum atomic E-state index is -4.01. The molecule has 486 valence electrons. The fraction of sp³-hybridized carbons (Fsp3) is 0.590. The molecule has 13 rings (SSSR count). The van der Waals surface area contributed by atoms with Crippen LogP contribution in [0.5, 0.6) is 0 Å². The summed E-state index contributed by atoms with van der Waals surface area (Å²) in [6.45, 7) is 29.0. The first kappa shape index (κ1) is 64.9. The Balaban J connectivity index is 0.000000139. The largest absolute Gasteiger partial charge is 0.434 e. The molecule has 9 atom stereocenters. The molecule has 9 unspecified atom stereocenters. The van der Waals surface area contributed by atoms with Crippen LogP contribution in [0.15, 0.2) is 70.1 Å². The SMILES string of the molecule is CCC(c1n[nH]c(=O)o1)N(c1ccc(C)c(C)c1)S(=O)(=O)N1CC2C(C1)C2(C)C.CCc1ccc2c(c1C)C(C)C(c1n[nH]c(=O)o1)N2S(=O)(=O)N1CC2C(C1)C2(C)C.CCc1ccc2c(c1C)C(C)C(c1n[nH]c(=O)o1)N2S(=O)(=O)N1CCC(Cl)(C#N)CC1. The van der Waals surface area contributed by atoms with Gasteiger partial charge in [-0.05, 0) is 163 Å². The lowest BCUT2D eigenvalue weighted by Gasteiger charge is -2.37. The first-order valence-electron chi connectivity index (χ1n) is 30.8. The van der Waals surface area contributed by atoms with E-state index in [0.717, 1.165) is 51.8 Å². The van der Waals surface area contributed by atoms with Gasteiger partial charge in [0.15, 0.2) is 0 Å². The number of rotatable bonds is 14. The Hall–Kier alpha value is -6.61. The van der Waals surface area contributed by atoms with Crippen molar-refractivity contribution in [1.29, 1.82) is 5.26 Å². The molecule has 90 heavy (non-hydrogen) atoms. The molecule has 0 bridgehead atoms. The number of fused-ring (bicyclic) bond motifs is 4. The molecule has 3 N–H and O–H groups in total. The summed E-state index contributed by atoms with van der Waals surface area (Å²) in [5.41, 5.74) is 10.6.